The van der Waals surface area contributed by atoms with Crippen LogP contribution >= 0.6 is 11.6 Å². The predicted molar refractivity (Wildman–Crippen MR) is 62.2 cm³/mol. The molecule has 2 rings (SSSR count). The third kappa shape index (κ3) is 2.40. The Morgan fingerprint density at radius 1 is 1.40 bits per heavy atom. The highest BCUT2D eigenvalue weighted by molar-refractivity contribution is 6.29. The van der Waals surface area contributed by atoms with Crippen molar-refractivity contribution < 1.29 is 0 Å². The van der Waals surface area contributed by atoms with Gasteiger partial charge in [0.05, 0.1) is 12.4 Å². The second-order valence-corrected chi connectivity index (χ2v) is 4.76. The van der Waals surface area contributed by atoms with Gasteiger partial charge in [0.15, 0.2) is 0 Å². The summed E-state index contributed by atoms with van der Waals surface area (Å²) in [5.74, 6) is 1.71. The number of hydrogen-bond donors (Lipinski definition) is 0. The summed E-state index contributed by atoms with van der Waals surface area (Å²) < 4.78 is 0. The summed E-state index contributed by atoms with van der Waals surface area (Å²) in [6, 6.07) is 0.529. The van der Waals surface area contributed by atoms with Gasteiger partial charge in [-0.1, -0.05) is 18.5 Å². The number of anilines is 1. The average Bonchev–Trinajstić information content (AvgIpc) is 2.17. The Morgan fingerprint density at radius 3 is 2.87 bits per heavy atom. The second-order valence-electron chi connectivity index (χ2n) is 4.37. The van der Waals surface area contributed by atoms with E-state index in [4.69, 9.17) is 11.6 Å². The molecule has 1 aromatic rings. The molecule has 1 fully saturated rings. The number of piperidine rings is 1. The Balaban J connectivity index is 2.17. The van der Waals surface area contributed by atoms with E-state index in [0.29, 0.717) is 11.2 Å². The fourth-order valence-corrected chi connectivity index (χ4v) is 2.36. The molecule has 0 spiro atoms. The van der Waals surface area contributed by atoms with Crippen LogP contribution in [0.1, 0.15) is 26.7 Å². The van der Waals surface area contributed by atoms with Crippen molar-refractivity contribution in [2.24, 2.45) is 5.92 Å². The SMILES string of the molecule is CC1CCN(c2cncc(Cl)n2)C(C)C1. The standard InChI is InChI=1S/C11H16ClN3/c1-8-3-4-15(9(2)5-8)11-7-13-6-10(12)14-11/h6-9H,3-5H2,1-2H3. The molecule has 1 aliphatic heterocycles. The molecule has 3 nitrogen and oxygen atoms in total. The Bertz CT molecular complexity index is 342. The molecule has 82 valence electrons. The molecule has 1 aliphatic rings. The highest BCUT2D eigenvalue weighted by Crippen LogP contribution is 2.26. The maximum Gasteiger partial charge on any atom is 0.149 e. The monoisotopic (exact) mass is 225 g/mol. The third-order valence-corrected chi connectivity index (χ3v) is 3.21. The van der Waals surface area contributed by atoms with Gasteiger partial charge in [-0.05, 0) is 25.7 Å². The van der Waals surface area contributed by atoms with E-state index in [1.165, 1.54) is 12.8 Å². The van der Waals surface area contributed by atoms with Crippen LogP contribution in [-0.2, 0) is 0 Å². The molecule has 1 saturated heterocycles. The zero-order valence-electron chi connectivity index (χ0n) is 9.15. The molecule has 0 bridgehead atoms. The minimum Gasteiger partial charge on any atom is -0.353 e. The van der Waals surface area contributed by atoms with Crippen LogP contribution in [0.4, 0.5) is 5.82 Å². The minimum atomic E-state index is 0.471. The molecule has 0 N–H and O–H groups in total. The molecule has 0 amide bonds. The summed E-state index contributed by atoms with van der Waals surface area (Å²) >= 11 is 5.84. The van der Waals surface area contributed by atoms with Crippen LogP contribution in [0.2, 0.25) is 5.15 Å². The first-order valence-electron chi connectivity index (χ1n) is 5.41. The molecule has 0 saturated carbocycles. The predicted octanol–water partition coefficient (Wildman–Crippen LogP) is 2.75. The Kier molecular flexibility index (Phi) is 3.10. The number of rotatable bonds is 1. The van der Waals surface area contributed by atoms with Gasteiger partial charge in [-0.25, -0.2) is 4.98 Å². The van der Waals surface area contributed by atoms with Crippen LogP contribution in [-0.4, -0.2) is 22.6 Å². The number of nitrogens with zero attached hydrogens (tertiary/aromatic N) is 3. The molecule has 15 heavy (non-hydrogen) atoms. The lowest BCUT2D eigenvalue weighted by atomic mass is 9.93. The summed E-state index contributed by atoms with van der Waals surface area (Å²) in [5.41, 5.74) is 0. The van der Waals surface area contributed by atoms with Gasteiger partial charge in [0, 0.05) is 12.6 Å². The van der Waals surface area contributed by atoms with E-state index in [-0.39, 0.29) is 0 Å². The van der Waals surface area contributed by atoms with E-state index in [2.05, 4.69) is 28.7 Å². The smallest absolute Gasteiger partial charge is 0.149 e. The molecule has 1 aromatic heterocycles. The van der Waals surface area contributed by atoms with Gasteiger partial charge in [0.2, 0.25) is 0 Å². The van der Waals surface area contributed by atoms with Crippen molar-refractivity contribution in [3.63, 3.8) is 0 Å². The highest BCUT2D eigenvalue weighted by atomic mass is 35.5. The Morgan fingerprint density at radius 2 is 2.20 bits per heavy atom. The first-order valence-corrected chi connectivity index (χ1v) is 5.79. The van der Waals surface area contributed by atoms with Gasteiger partial charge in [0.25, 0.3) is 0 Å². The van der Waals surface area contributed by atoms with E-state index < -0.39 is 0 Å². The number of hydrogen-bond acceptors (Lipinski definition) is 3. The number of aromatic nitrogens is 2. The van der Waals surface area contributed by atoms with Crippen molar-refractivity contribution in [3.8, 4) is 0 Å². The van der Waals surface area contributed by atoms with Gasteiger partial charge >= 0.3 is 0 Å². The fraction of sp³-hybridized carbons (Fsp3) is 0.636. The van der Waals surface area contributed by atoms with Crippen LogP contribution in [0.3, 0.4) is 0 Å². The van der Waals surface area contributed by atoms with E-state index in [0.717, 1.165) is 18.3 Å². The van der Waals surface area contributed by atoms with Crippen LogP contribution in [0.25, 0.3) is 0 Å². The Hall–Kier alpha value is -0.830. The maximum atomic E-state index is 5.84. The van der Waals surface area contributed by atoms with E-state index in [9.17, 15) is 0 Å². The van der Waals surface area contributed by atoms with Gasteiger partial charge in [-0.15, -0.1) is 0 Å². The molecular weight excluding hydrogens is 210 g/mol. The lowest BCUT2D eigenvalue weighted by molar-refractivity contribution is 0.376. The highest BCUT2D eigenvalue weighted by Gasteiger charge is 2.23. The number of halogens is 1. The van der Waals surface area contributed by atoms with Crippen LogP contribution < -0.4 is 4.90 Å². The second kappa shape index (κ2) is 4.35. The molecule has 2 atom stereocenters. The van der Waals surface area contributed by atoms with Crippen molar-refractivity contribution in [3.05, 3.63) is 17.5 Å². The Labute approximate surface area is 95.5 Å². The summed E-state index contributed by atoms with van der Waals surface area (Å²) in [6.45, 7) is 5.59. The molecule has 2 unspecified atom stereocenters. The minimum absolute atomic E-state index is 0.471. The van der Waals surface area contributed by atoms with E-state index in [1.54, 1.807) is 12.4 Å². The zero-order chi connectivity index (χ0) is 10.8. The van der Waals surface area contributed by atoms with Crippen LogP contribution in [0.5, 0.6) is 0 Å². The lowest BCUT2D eigenvalue weighted by Crippen LogP contribution is -2.40. The first kappa shape index (κ1) is 10.7. The normalized spacial score (nSPS) is 26.7. The van der Waals surface area contributed by atoms with Crippen molar-refractivity contribution >= 4 is 17.4 Å². The van der Waals surface area contributed by atoms with Crippen molar-refractivity contribution in [2.75, 3.05) is 11.4 Å². The zero-order valence-corrected chi connectivity index (χ0v) is 9.91. The van der Waals surface area contributed by atoms with Crippen LogP contribution in [0, 0.1) is 5.92 Å². The van der Waals surface area contributed by atoms with Gasteiger partial charge in [-0.2, -0.15) is 0 Å². The topological polar surface area (TPSA) is 29.0 Å². The fourth-order valence-electron chi connectivity index (χ4n) is 2.22. The van der Waals surface area contributed by atoms with Gasteiger partial charge in [0.1, 0.15) is 11.0 Å². The van der Waals surface area contributed by atoms with Crippen molar-refractivity contribution in [2.45, 2.75) is 32.7 Å². The molecule has 0 aliphatic carbocycles. The summed E-state index contributed by atoms with van der Waals surface area (Å²) in [5, 5.41) is 0.471. The van der Waals surface area contributed by atoms with E-state index >= 15 is 0 Å². The molecule has 4 heteroatoms. The quantitative estimate of drug-likeness (QED) is 0.736. The molecular formula is C11H16ClN3. The summed E-state index contributed by atoms with van der Waals surface area (Å²) in [6.07, 6.45) is 5.80. The summed E-state index contributed by atoms with van der Waals surface area (Å²) in [4.78, 5) is 10.7. The molecule has 0 aromatic carbocycles. The van der Waals surface area contributed by atoms with Crippen molar-refractivity contribution in [1.29, 1.82) is 0 Å². The van der Waals surface area contributed by atoms with E-state index in [1.807, 2.05) is 0 Å². The van der Waals surface area contributed by atoms with Gasteiger partial charge in [-0.3, -0.25) is 4.98 Å². The first-order chi connectivity index (χ1) is 7.16. The van der Waals surface area contributed by atoms with Gasteiger partial charge < -0.3 is 4.90 Å². The average molecular weight is 226 g/mol. The van der Waals surface area contributed by atoms with Crippen molar-refractivity contribution in [1.82, 2.24) is 9.97 Å². The summed E-state index contributed by atoms with van der Waals surface area (Å²) in [7, 11) is 0. The maximum absolute atomic E-state index is 5.84. The van der Waals surface area contributed by atoms with Crippen LogP contribution in [0.15, 0.2) is 12.4 Å². The molecule has 0 radical (unpaired) electrons. The largest absolute Gasteiger partial charge is 0.353 e. The lowest BCUT2D eigenvalue weighted by Gasteiger charge is -2.37. The molecule has 2 heterocycles. The third-order valence-electron chi connectivity index (χ3n) is 3.03.